The molecule has 1 saturated heterocycles. The lowest BCUT2D eigenvalue weighted by Crippen LogP contribution is -2.31. The fourth-order valence-corrected chi connectivity index (χ4v) is 5.79. The van der Waals surface area contributed by atoms with E-state index in [1.807, 2.05) is 29.1 Å². The smallest absolute Gasteiger partial charge is 0.232 e. The van der Waals surface area contributed by atoms with E-state index in [1.165, 1.54) is 19.1 Å². The van der Waals surface area contributed by atoms with Crippen LogP contribution >= 0.6 is 0 Å². The van der Waals surface area contributed by atoms with Gasteiger partial charge in [0.25, 0.3) is 0 Å². The number of fused-ring (bicyclic) bond motifs is 1. The highest BCUT2D eigenvalue weighted by Gasteiger charge is 2.20. The van der Waals surface area contributed by atoms with Gasteiger partial charge in [0.05, 0.1) is 34.7 Å². The molecule has 6 rings (SSSR count). The molecule has 0 amide bonds. The first-order valence-corrected chi connectivity index (χ1v) is 15.0. The second kappa shape index (κ2) is 10.7. The Morgan fingerprint density at radius 1 is 1.00 bits per heavy atom. The maximum atomic E-state index is 14.7. The van der Waals surface area contributed by atoms with Crippen molar-refractivity contribution in [3.05, 3.63) is 78.8 Å². The van der Waals surface area contributed by atoms with E-state index in [9.17, 15) is 17.2 Å². The summed E-state index contributed by atoms with van der Waals surface area (Å²) >= 11 is 0. The molecule has 1 N–H and O–H groups in total. The summed E-state index contributed by atoms with van der Waals surface area (Å²) in [6, 6.07) is 14.3. The van der Waals surface area contributed by atoms with Crippen molar-refractivity contribution < 1.29 is 17.2 Å². The van der Waals surface area contributed by atoms with Crippen LogP contribution in [-0.4, -0.2) is 63.8 Å². The second-order valence-corrected chi connectivity index (χ2v) is 12.3. The van der Waals surface area contributed by atoms with E-state index in [1.54, 1.807) is 23.0 Å². The summed E-state index contributed by atoms with van der Waals surface area (Å²) in [5, 5.41) is 8.79. The fraction of sp³-hybridized carbons (Fsp3) is 0.276. The number of anilines is 1. The van der Waals surface area contributed by atoms with Crippen LogP contribution in [0.15, 0.2) is 67.1 Å². The van der Waals surface area contributed by atoms with Crippen LogP contribution in [0.25, 0.3) is 39.1 Å². The fourth-order valence-electron chi connectivity index (χ4n) is 5.16. The van der Waals surface area contributed by atoms with Crippen molar-refractivity contribution in [3.8, 4) is 28.1 Å². The molecule has 0 radical (unpaired) electrons. The quantitative estimate of drug-likeness (QED) is 0.284. The average molecular weight is 578 g/mol. The van der Waals surface area contributed by atoms with Crippen LogP contribution in [0, 0.1) is 11.6 Å². The Bertz CT molecular complexity index is 1840. The lowest BCUT2D eigenvalue weighted by molar-refractivity contribution is 0.210. The van der Waals surface area contributed by atoms with Crippen molar-refractivity contribution >= 4 is 26.7 Å². The van der Waals surface area contributed by atoms with Gasteiger partial charge < -0.3 is 4.90 Å². The van der Waals surface area contributed by atoms with Crippen molar-refractivity contribution in [3.63, 3.8) is 0 Å². The van der Waals surface area contributed by atoms with Gasteiger partial charge in [-0.25, -0.2) is 26.9 Å². The number of hydrogen-bond acceptors (Lipinski definition) is 6. The zero-order valence-corrected chi connectivity index (χ0v) is 23.4. The average Bonchev–Trinajstić information content (AvgIpc) is 3.61. The Hall–Kier alpha value is -4.16. The lowest BCUT2D eigenvalue weighted by Gasteiger charge is -2.28. The molecule has 41 heavy (non-hydrogen) atoms. The zero-order valence-electron chi connectivity index (χ0n) is 22.6. The Balaban J connectivity index is 1.37. The molecular formula is C29H29F2N7O2S. The summed E-state index contributed by atoms with van der Waals surface area (Å²) in [6.45, 7) is 3.58. The Morgan fingerprint density at radius 3 is 2.56 bits per heavy atom. The number of rotatable bonds is 7. The number of halogens is 2. The molecule has 5 aromatic rings. The number of likely N-dealkylation sites (tertiary alicyclic amines) is 1. The third kappa shape index (κ3) is 5.57. The van der Waals surface area contributed by atoms with E-state index in [4.69, 9.17) is 0 Å². The predicted octanol–water partition coefficient (Wildman–Crippen LogP) is 5.26. The van der Waals surface area contributed by atoms with Gasteiger partial charge in [-0.15, -0.1) is 5.10 Å². The van der Waals surface area contributed by atoms with E-state index in [0.717, 1.165) is 54.8 Å². The first-order chi connectivity index (χ1) is 19.7. The van der Waals surface area contributed by atoms with E-state index in [0.29, 0.717) is 22.8 Å². The largest absolute Gasteiger partial charge is 0.306 e. The monoisotopic (exact) mass is 577 g/mol. The molecule has 2 aromatic heterocycles. The summed E-state index contributed by atoms with van der Waals surface area (Å²) in [5.41, 5.74) is 4.44. The molecule has 12 heteroatoms. The summed E-state index contributed by atoms with van der Waals surface area (Å²) < 4.78 is 59.3. The number of nitrogens with zero attached hydrogens (tertiary/aromatic N) is 6. The van der Waals surface area contributed by atoms with E-state index in [2.05, 4.69) is 32.0 Å². The van der Waals surface area contributed by atoms with Crippen LogP contribution in [0.4, 0.5) is 14.5 Å². The number of nitrogens with one attached hydrogen (secondary N) is 1. The van der Waals surface area contributed by atoms with Crippen LogP contribution in [0.5, 0.6) is 0 Å². The molecule has 1 aliphatic heterocycles. The number of aromatic nitrogens is 5. The minimum Gasteiger partial charge on any atom is -0.306 e. The number of imidazole rings is 1. The van der Waals surface area contributed by atoms with Gasteiger partial charge in [0.15, 0.2) is 0 Å². The van der Waals surface area contributed by atoms with Crippen molar-refractivity contribution in [1.29, 1.82) is 0 Å². The summed E-state index contributed by atoms with van der Waals surface area (Å²) in [5.74, 6) is -1.58. The van der Waals surface area contributed by atoms with Crippen molar-refractivity contribution in [2.24, 2.45) is 0 Å². The SMILES string of the molecule is CCS(=O)(=O)Nc1cc(-c2ccc(F)cc2F)cc(-n2cnc3cc(-c4cn(C5CCN(C)CC5)nn4)ccc32)c1. The molecule has 3 heterocycles. The Labute approximate surface area is 236 Å². The molecule has 3 aromatic carbocycles. The van der Waals surface area contributed by atoms with Crippen LogP contribution < -0.4 is 4.72 Å². The molecule has 212 valence electrons. The molecule has 0 aliphatic carbocycles. The van der Waals surface area contributed by atoms with E-state index >= 15 is 0 Å². The van der Waals surface area contributed by atoms with E-state index in [-0.39, 0.29) is 17.0 Å². The lowest BCUT2D eigenvalue weighted by atomic mass is 10.0. The van der Waals surface area contributed by atoms with Crippen molar-refractivity contribution in [2.45, 2.75) is 25.8 Å². The number of piperidine rings is 1. The van der Waals surface area contributed by atoms with Crippen LogP contribution in [0.1, 0.15) is 25.8 Å². The van der Waals surface area contributed by atoms with Crippen molar-refractivity contribution in [1.82, 2.24) is 29.4 Å². The minimum absolute atomic E-state index is 0.128. The van der Waals surface area contributed by atoms with Gasteiger partial charge in [-0.3, -0.25) is 9.29 Å². The molecule has 0 atom stereocenters. The first-order valence-electron chi connectivity index (χ1n) is 13.4. The Morgan fingerprint density at radius 2 is 1.80 bits per heavy atom. The molecule has 0 bridgehead atoms. The standard InChI is InChI=1S/C29H29F2N7O2S/c1-3-41(39,40)34-22-12-20(25-6-5-21(30)15-26(25)31)13-24(16-22)37-18-32-27-14-19(4-7-29(27)37)28-17-38(35-33-28)23-8-10-36(2)11-9-23/h4-7,12-18,23,34H,3,8-11H2,1-2H3. The molecule has 1 aliphatic rings. The Kier molecular flexibility index (Phi) is 7.04. The summed E-state index contributed by atoms with van der Waals surface area (Å²) in [7, 11) is -1.48. The van der Waals surface area contributed by atoms with Crippen LogP contribution in [0.2, 0.25) is 0 Å². The van der Waals surface area contributed by atoms with Crippen LogP contribution in [-0.2, 0) is 10.0 Å². The van der Waals surface area contributed by atoms with Crippen LogP contribution in [0.3, 0.4) is 0 Å². The molecule has 0 unspecified atom stereocenters. The molecule has 1 fully saturated rings. The minimum atomic E-state index is -3.61. The van der Waals surface area contributed by atoms with Gasteiger partial charge in [0.1, 0.15) is 23.7 Å². The van der Waals surface area contributed by atoms with Gasteiger partial charge in [-0.05, 0) is 87.9 Å². The summed E-state index contributed by atoms with van der Waals surface area (Å²) in [6.07, 6.45) is 5.66. The third-order valence-corrected chi connectivity index (χ3v) is 8.81. The van der Waals surface area contributed by atoms with Crippen molar-refractivity contribution in [2.75, 3.05) is 30.6 Å². The highest BCUT2D eigenvalue weighted by molar-refractivity contribution is 7.92. The van der Waals surface area contributed by atoms with Gasteiger partial charge in [0.2, 0.25) is 10.0 Å². The normalized spacial score (nSPS) is 15.0. The highest BCUT2D eigenvalue weighted by atomic mass is 32.2. The maximum absolute atomic E-state index is 14.7. The topological polar surface area (TPSA) is 97.9 Å². The van der Waals surface area contributed by atoms with Gasteiger partial charge in [0, 0.05) is 22.9 Å². The number of hydrogen-bond donors (Lipinski definition) is 1. The van der Waals surface area contributed by atoms with Gasteiger partial charge in [-0.1, -0.05) is 11.3 Å². The maximum Gasteiger partial charge on any atom is 0.232 e. The zero-order chi connectivity index (χ0) is 28.7. The number of benzene rings is 3. The number of sulfonamides is 1. The molecule has 9 nitrogen and oxygen atoms in total. The highest BCUT2D eigenvalue weighted by Crippen LogP contribution is 2.32. The van der Waals surface area contributed by atoms with Gasteiger partial charge in [-0.2, -0.15) is 0 Å². The van der Waals surface area contributed by atoms with Gasteiger partial charge >= 0.3 is 0 Å². The second-order valence-electron chi connectivity index (χ2n) is 10.3. The first kappa shape index (κ1) is 27.0. The molecule has 0 spiro atoms. The summed E-state index contributed by atoms with van der Waals surface area (Å²) in [4.78, 5) is 6.89. The molecule has 0 saturated carbocycles. The predicted molar refractivity (Wildman–Crippen MR) is 154 cm³/mol. The third-order valence-electron chi connectivity index (χ3n) is 7.51. The molecular weight excluding hydrogens is 548 g/mol. The van der Waals surface area contributed by atoms with E-state index < -0.39 is 21.7 Å².